The monoisotopic (exact) mass is 515 g/mol. The number of nitriles is 1. The van der Waals surface area contributed by atoms with Crippen LogP contribution in [-0.4, -0.2) is 9.97 Å². The van der Waals surface area contributed by atoms with Crippen LogP contribution in [0.1, 0.15) is 153 Å². The molecule has 0 N–H and O–H groups in total. The molecule has 1 fully saturated rings. The van der Waals surface area contributed by atoms with Crippen LogP contribution in [0.25, 0.3) is 11.1 Å². The number of aryl methyl sites for hydroxylation is 1. The van der Waals surface area contributed by atoms with Crippen molar-refractivity contribution in [3.05, 3.63) is 48.0 Å². The molecule has 0 amide bonds. The van der Waals surface area contributed by atoms with Crippen molar-refractivity contribution in [3.8, 4) is 17.2 Å². The predicted octanol–water partition coefficient (Wildman–Crippen LogP) is 10.7. The molecule has 0 saturated heterocycles. The van der Waals surface area contributed by atoms with Gasteiger partial charge in [-0.25, -0.2) is 9.97 Å². The molecule has 38 heavy (non-hydrogen) atoms. The van der Waals surface area contributed by atoms with Gasteiger partial charge in [-0.05, 0) is 56.1 Å². The van der Waals surface area contributed by atoms with Gasteiger partial charge in [-0.15, -0.1) is 0 Å². The second-order valence-corrected chi connectivity index (χ2v) is 11.9. The Labute approximate surface area is 233 Å². The Kier molecular flexibility index (Phi) is 13.9. The Hall–Kier alpha value is -2.21. The van der Waals surface area contributed by atoms with Crippen LogP contribution in [0.5, 0.6) is 0 Å². The van der Waals surface area contributed by atoms with Crippen LogP contribution in [0.2, 0.25) is 0 Å². The number of rotatable bonds is 18. The molecule has 3 nitrogen and oxygen atoms in total. The van der Waals surface area contributed by atoms with Crippen LogP contribution in [-0.2, 0) is 6.42 Å². The molecule has 1 aliphatic carbocycles. The highest BCUT2D eigenvalue weighted by Crippen LogP contribution is 2.45. The molecule has 1 aliphatic rings. The molecular weight excluding hydrogens is 462 g/mol. The Balaban J connectivity index is 1.40. The summed E-state index contributed by atoms with van der Waals surface area (Å²) < 4.78 is 0. The molecule has 3 heteroatoms. The maximum atomic E-state index is 9.97. The molecule has 1 saturated carbocycles. The highest BCUT2D eigenvalue weighted by atomic mass is 14.9. The molecule has 0 atom stereocenters. The summed E-state index contributed by atoms with van der Waals surface area (Å²) in [7, 11) is 0. The van der Waals surface area contributed by atoms with E-state index in [1.807, 2.05) is 12.4 Å². The molecule has 0 aliphatic heterocycles. The van der Waals surface area contributed by atoms with Crippen LogP contribution < -0.4 is 0 Å². The van der Waals surface area contributed by atoms with Crippen LogP contribution in [0.3, 0.4) is 0 Å². The number of benzene rings is 1. The maximum Gasteiger partial charge on any atom is 0.131 e. The lowest BCUT2D eigenvalue weighted by molar-refractivity contribution is 0.219. The first-order valence-corrected chi connectivity index (χ1v) is 16.0. The van der Waals surface area contributed by atoms with E-state index in [1.54, 1.807) is 0 Å². The Bertz CT molecular complexity index is 917. The number of nitrogens with zero attached hydrogens (tertiary/aromatic N) is 3. The van der Waals surface area contributed by atoms with Gasteiger partial charge < -0.3 is 0 Å². The van der Waals surface area contributed by atoms with E-state index < -0.39 is 0 Å². The summed E-state index contributed by atoms with van der Waals surface area (Å²) in [4.78, 5) is 9.57. The van der Waals surface area contributed by atoms with Gasteiger partial charge in [0.25, 0.3) is 0 Å². The zero-order valence-electron chi connectivity index (χ0n) is 24.5. The first kappa shape index (κ1) is 30.3. The van der Waals surface area contributed by atoms with Crippen molar-refractivity contribution in [1.29, 1.82) is 5.26 Å². The number of hydrogen-bond acceptors (Lipinski definition) is 3. The topological polar surface area (TPSA) is 49.6 Å². The summed E-state index contributed by atoms with van der Waals surface area (Å²) >= 11 is 0. The molecule has 0 bridgehead atoms. The lowest BCUT2D eigenvalue weighted by atomic mass is 9.68. The molecule has 1 heterocycles. The minimum atomic E-state index is -0.114. The number of hydrogen-bond donors (Lipinski definition) is 0. The van der Waals surface area contributed by atoms with E-state index in [4.69, 9.17) is 9.97 Å². The quantitative estimate of drug-likeness (QED) is 0.185. The van der Waals surface area contributed by atoms with Crippen molar-refractivity contribution in [1.82, 2.24) is 9.97 Å². The minimum absolute atomic E-state index is 0.114. The fourth-order valence-corrected chi connectivity index (χ4v) is 6.11. The largest absolute Gasteiger partial charge is 0.240 e. The van der Waals surface area contributed by atoms with Gasteiger partial charge in [0.1, 0.15) is 5.82 Å². The van der Waals surface area contributed by atoms with Crippen LogP contribution >= 0.6 is 0 Å². The zero-order chi connectivity index (χ0) is 26.9. The fraction of sp³-hybridized carbons (Fsp3) is 0.686. The van der Waals surface area contributed by atoms with E-state index in [2.05, 4.69) is 44.2 Å². The van der Waals surface area contributed by atoms with E-state index in [1.165, 1.54) is 107 Å². The Morgan fingerprint density at radius 3 is 1.79 bits per heavy atom. The summed E-state index contributed by atoms with van der Waals surface area (Å²) in [5.41, 5.74) is 3.61. The summed E-state index contributed by atoms with van der Waals surface area (Å²) in [5, 5.41) is 9.97. The van der Waals surface area contributed by atoms with Crippen molar-refractivity contribution in [2.24, 2.45) is 5.41 Å². The SMILES string of the molecule is CCCCCCCCCc1ccc(-c2cnc(C3CCC(C#N)(CCCCCCCCC)CC3)nc2)cc1. The second kappa shape index (κ2) is 17.4. The second-order valence-electron chi connectivity index (χ2n) is 11.9. The fourth-order valence-electron chi connectivity index (χ4n) is 6.11. The van der Waals surface area contributed by atoms with Crippen LogP contribution in [0, 0.1) is 16.7 Å². The first-order valence-electron chi connectivity index (χ1n) is 16.0. The summed E-state index contributed by atoms with van der Waals surface area (Å²) in [6.45, 7) is 4.54. The van der Waals surface area contributed by atoms with E-state index in [0.717, 1.165) is 43.5 Å². The smallest absolute Gasteiger partial charge is 0.131 e. The standard InChI is InChI=1S/C35H53N3/c1-3-5-7-9-11-13-15-17-30-18-20-31(21-19-30)33-27-37-34(38-28-33)32-22-25-35(29-36,26-23-32)24-16-14-12-10-8-6-4-2/h18-21,27-28,32H,3-17,22-26H2,1-2H3. The third-order valence-electron chi connectivity index (χ3n) is 8.83. The number of unbranched alkanes of at least 4 members (excludes halogenated alkanes) is 12. The van der Waals surface area contributed by atoms with Crippen molar-refractivity contribution >= 4 is 0 Å². The molecule has 1 aromatic heterocycles. The molecule has 2 aromatic rings. The average molecular weight is 516 g/mol. The van der Waals surface area contributed by atoms with Gasteiger partial charge in [0.05, 0.1) is 11.5 Å². The number of aromatic nitrogens is 2. The average Bonchev–Trinajstić information content (AvgIpc) is 2.97. The Morgan fingerprint density at radius 1 is 0.711 bits per heavy atom. The zero-order valence-corrected chi connectivity index (χ0v) is 24.5. The van der Waals surface area contributed by atoms with Gasteiger partial charge >= 0.3 is 0 Å². The molecular formula is C35H53N3. The van der Waals surface area contributed by atoms with Gasteiger partial charge in [-0.2, -0.15) is 5.26 Å². The van der Waals surface area contributed by atoms with Gasteiger partial charge in [0, 0.05) is 23.9 Å². The highest BCUT2D eigenvalue weighted by Gasteiger charge is 2.36. The van der Waals surface area contributed by atoms with Gasteiger partial charge in [-0.3, -0.25) is 0 Å². The summed E-state index contributed by atoms with van der Waals surface area (Å²) in [6, 6.07) is 11.7. The highest BCUT2D eigenvalue weighted by molar-refractivity contribution is 5.61. The molecule has 3 rings (SSSR count). The van der Waals surface area contributed by atoms with E-state index in [-0.39, 0.29) is 5.41 Å². The van der Waals surface area contributed by atoms with E-state index in [0.29, 0.717) is 5.92 Å². The normalized spacial score (nSPS) is 19.3. The van der Waals surface area contributed by atoms with Gasteiger partial charge in [-0.1, -0.05) is 122 Å². The van der Waals surface area contributed by atoms with Crippen LogP contribution in [0.4, 0.5) is 0 Å². The lowest BCUT2D eigenvalue weighted by Gasteiger charge is -2.34. The van der Waals surface area contributed by atoms with Crippen molar-refractivity contribution < 1.29 is 0 Å². The Morgan fingerprint density at radius 2 is 1.24 bits per heavy atom. The van der Waals surface area contributed by atoms with Gasteiger partial charge in [0.15, 0.2) is 0 Å². The first-order chi connectivity index (χ1) is 18.7. The van der Waals surface area contributed by atoms with Crippen molar-refractivity contribution in [3.63, 3.8) is 0 Å². The summed E-state index contributed by atoms with van der Waals surface area (Å²) in [6.07, 6.45) is 29.0. The third kappa shape index (κ3) is 10.2. The molecule has 0 radical (unpaired) electrons. The lowest BCUT2D eigenvalue weighted by Crippen LogP contribution is -2.26. The maximum absolute atomic E-state index is 9.97. The van der Waals surface area contributed by atoms with E-state index in [9.17, 15) is 5.26 Å². The minimum Gasteiger partial charge on any atom is -0.240 e. The van der Waals surface area contributed by atoms with Gasteiger partial charge in [0.2, 0.25) is 0 Å². The van der Waals surface area contributed by atoms with Crippen LogP contribution in [0.15, 0.2) is 36.7 Å². The third-order valence-corrected chi connectivity index (χ3v) is 8.83. The van der Waals surface area contributed by atoms with Crippen molar-refractivity contribution in [2.75, 3.05) is 0 Å². The molecule has 208 valence electrons. The molecule has 0 unspecified atom stereocenters. The predicted molar refractivity (Wildman–Crippen MR) is 161 cm³/mol. The van der Waals surface area contributed by atoms with Crippen molar-refractivity contribution in [2.45, 2.75) is 148 Å². The molecule has 1 aromatic carbocycles. The van der Waals surface area contributed by atoms with E-state index >= 15 is 0 Å². The summed E-state index contributed by atoms with van der Waals surface area (Å²) in [5.74, 6) is 1.36. The molecule has 0 spiro atoms.